The summed E-state index contributed by atoms with van der Waals surface area (Å²) in [6, 6.07) is 8.44. The molecule has 0 saturated carbocycles. The van der Waals surface area contributed by atoms with Crippen LogP contribution in [0.5, 0.6) is 17.2 Å². The standard InChI is InChI=1S/C20H23NO6/c1-12-8-15(27-11-19(22)26-5)6-7-16(12)21-20(23)14-9-17(24-3)13(2)18(10-14)25-4/h6-10H,11H2,1-5H3,(H,21,23). The molecule has 144 valence electrons. The van der Waals surface area contributed by atoms with E-state index in [9.17, 15) is 9.59 Å². The molecular weight excluding hydrogens is 350 g/mol. The van der Waals surface area contributed by atoms with Crippen LogP contribution in [0, 0.1) is 13.8 Å². The van der Waals surface area contributed by atoms with Crippen LogP contribution < -0.4 is 19.5 Å². The molecule has 0 aliphatic heterocycles. The number of hydrogen-bond donors (Lipinski definition) is 1. The summed E-state index contributed by atoms with van der Waals surface area (Å²) in [6.45, 7) is 3.51. The molecule has 7 heteroatoms. The van der Waals surface area contributed by atoms with Crippen LogP contribution in [0.25, 0.3) is 0 Å². The van der Waals surface area contributed by atoms with Crippen molar-refractivity contribution in [1.29, 1.82) is 0 Å². The molecule has 0 atom stereocenters. The van der Waals surface area contributed by atoms with Gasteiger partial charge >= 0.3 is 5.97 Å². The van der Waals surface area contributed by atoms with Crippen LogP contribution in [-0.4, -0.2) is 39.8 Å². The highest BCUT2D eigenvalue weighted by Crippen LogP contribution is 2.30. The number of rotatable bonds is 7. The maximum absolute atomic E-state index is 12.6. The Hall–Kier alpha value is -3.22. The highest BCUT2D eigenvalue weighted by molar-refractivity contribution is 6.05. The van der Waals surface area contributed by atoms with Crippen LogP contribution >= 0.6 is 0 Å². The third kappa shape index (κ3) is 4.91. The Labute approximate surface area is 158 Å². The fourth-order valence-electron chi connectivity index (χ4n) is 2.48. The number of ether oxygens (including phenoxy) is 4. The number of carbonyl (C=O) groups is 2. The normalized spacial score (nSPS) is 10.1. The Balaban J connectivity index is 2.17. The zero-order chi connectivity index (χ0) is 20.0. The third-order valence-electron chi connectivity index (χ3n) is 4.04. The smallest absolute Gasteiger partial charge is 0.343 e. The lowest BCUT2D eigenvalue weighted by Gasteiger charge is -2.14. The molecule has 0 bridgehead atoms. The van der Waals surface area contributed by atoms with Gasteiger partial charge in [0, 0.05) is 16.8 Å². The first kappa shape index (κ1) is 20.1. The van der Waals surface area contributed by atoms with Gasteiger partial charge in [0.05, 0.1) is 21.3 Å². The van der Waals surface area contributed by atoms with Crippen molar-refractivity contribution in [2.75, 3.05) is 33.3 Å². The maximum Gasteiger partial charge on any atom is 0.343 e. The second-order valence-electron chi connectivity index (χ2n) is 5.80. The van der Waals surface area contributed by atoms with Crippen molar-refractivity contribution in [3.8, 4) is 17.2 Å². The molecule has 2 rings (SSSR count). The van der Waals surface area contributed by atoms with Crippen LogP contribution in [0.4, 0.5) is 5.69 Å². The molecule has 2 aromatic carbocycles. The molecule has 0 aliphatic rings. The molecule has 0 fully saturated rings. The summed E-state index contributed by atoms with van der Waals surface area (Å²) < 4.78 is 20.5. The summed E-state index contributed by atoms with van der Waals surface area (Å²) >= 11 is 0. The lowest BCUT2D eigenvalue weighted by Crippen LogP contribution is -2.14. The lowest BCUT2D eigenvalue weighted by molar-refractivity contribution is -0.142. The maximum atomic E-state index is 12.6. The molecule has 0 aromatic heterocycles. The van der Waals surface area contributed by atoms with E-state index in [0.717, 1.165) is 11.1 Å². The van der Waals surface area contributed by atoms with Gasteiger partial charge in [-0.25, -0.2) is 4.79 Å². The molecule has 27 heavy (non-hydrogen) atoms. The second-order valence-corrected chi connectivity index (χ2v) is 5.80. The van der Waals surface area contributed by atoms with Gasteiger partial charge in [-0.15, -0.1) is 0 Å². The van der Waals surface area contributed by atoms with Gasteiger partial charge in [-0.1, -0.05) is 0 Å². The fraction of sp³-hybridized carbons (Fsp3) is 0.300. The van der Waals surface area contributed by atoms with E-state index >= 15 is 0 Å². The minimum atomic E-state index is -0.465. The van der Waals surface area contributed by atoms with E-state index in [-0.39, 0.29) is 12.5 Å². The van der Waals surface area contributed by atoms with Gasteiger partial charge in [-0.05, 0) is 49.7 Å². The van der Waals surface area contributed by atoms with Crippen LogP contribution in [0.1, 0.15) is 21.5 Å². The number of aryl methyl sites for hydroxylation is 1. The molecule has 1 amide bonds. The summed E-state index contributed by atoms with van der Waals surface area (Å²) in [6.07, 6.45) is 0. The summed E-state index contributed by atoms with van der Waals surface area (Å²) in [4.78, 5) is 23.8. The highest BCUT2D eigenvalue weighted by Gasteiger charge is 2.15. The molecule has 1 N–H and O–H groups in total. The molecule has 0 saturated heterocycles. The van der Waals surface area contributed by atoms with Crippen molar-refractivity contribution in [1.82, 2.24) is 0 Å². The Morgan fingerprint density at radius 2 is 1.59 bits per heavy atom. The number of nitrogens with one attached hydrogen (secondary N) is 1. The third-order valence-corrected chi connectivity index (χ3v) is 4.04. The van der Waals surface area contributed by atoms with Crippen molar-refractivity contribution < 1.29 is 28.5 Å². The van der Waals surface area contributed by atoms with Gasteiger partial charge in [-0.2, -0.15) is 0 Å². The summed E-state index contributed by atoms with van der Waals surface area (Å²) in [5.74, 6) is 0.894. The van der Waals surface area contributed by atoms with Crippen molar-refractivity contribution in [2.45, 2.75) is 13.8 Å². The van der Waals surface area contributed by atoms with Crippen molar-refractivity contribution >= 4 is 17.6 Å². The van der Waals surface area contributed by atoms with Crippen molar-refractivity contribution in [3.63, 3.8) is 0 Å². The summed E-state index contributed by atoms with van der Waals surface area (Å²) in [7, 11) is 4.38. The lowest BCUT2D eigenvalue weighted by atomic mass is 10.1. The summed E-state index contributed by atoms with van der Waals surface area (Å²) in [5, 5.41) is 2.85. The minimum absolute atomic E-state index is 0.176. The van der Waals surface area contributed by atoms with Gasteiger partial charge in [0.15, 0.2) is 6.61 Å². The fourth-order valence-corrected chi connectivity index (χ4v) is 2.48. The monoisotopic (exact) mass is 373 g/mol. The van der Waals surface area contributed by atoms with E-state index < -0.39 is 5.97 Å². The molecular formula is C20H23NO6. The first-order chi connectivity index (χ1) is 12.9. The molecule has 0 spiro atoms. The minimum Gasteiger partial charge on any atom is -0.496 e. The van der Waals surface area contributed by atoms with Gasteiger partial charge in [0.2, 0.25) is 0 Å². The van der Waals surface area contributed by atoms with Gasteiger partial charge < -0.3 is 24.3 Å². The second kappa shape index (κ2) is 8.93. The first-order valence-corrected chi connectivity index (χ1v) is 8.23. The average Bonchev–Trinajstić information content (AvgIpc) is 2.67. The quantitative estimate of drug-likeness (QED) is 0.751. The van der Waals surface area contributed by atoms with Crippen molar-refractivity contribution in [3.05, 3.63) is 47.0 Å². The largest absolute Gasteiger partial charge is 0.496 e. The predicted molar refractivity (Wildman–Crippen MR) is 101 cm³/mol. The summed E-state index contributed by atoms with van der Waals surface area (Å²) in [5.41, 5.74) is 2.65. The first-order valence-electron chi connectivity index (χ1n) is 8.23. The zero-order valence-electron chi connectivity index (χ0n) is 16.0. The number of amides is 1. The average molecular weight is 373 g/mol. The van der Waals surface area contributed by atoms with E-state index in [0.29, 0.717) is 28.5 Å². The number of benzene rings is 2. The van der Waals surface area contributed by atoms with Crippen LogP contribution in [-0.2, 0) is 9.53 Å². The van der Waals surface area contributed by atoms with E-state index in [1.54, 1.807) is 44.6 Å². The van der Waals surface area contributed by atoms with E-state index in [1.807, 2.05) is 13.8 Å². The zero-order valence-corrected chi connectivity index (χ0v) is 16.0. The molecule has 2 aromatic rings. The topological polar surface area (TPSA) is 83.1 Å². The number of hydrogen-bond acceptors (Lipinski definition) is 6. The number of anilines is 1. The van der Waals surface area contributed by atoms with Crippen LogP contribution in [0.2, 0.25) is 0 Å². The van der Waals surface area contributed by atoms with E-state index in [2.05, 4.69) is 10.1 Å². The predicted octanol–water partition coefficient (Wildman–Crippen LogP) is 3.12. The van der Waals surface area contributed by atoms with Crippen LogP contribution in [0.3, 0.4) is 0 Å². The molecule has 0 unspecified atom stereocenters. The Morgan fingerprint density at radius 1 is 0.963 bits per heavy atom. The van der Waals surface area contributed by atoms with Gasteiger partial charge in [0.1, 0.15) is 17.2 Å². The Bertz CT molecular complexity index is 821. The highest BCUT2D eigenvalue weighted by atomic mass is 16.6. The number of esters is 1. The molecule has 0 heterocycles. The van der Waals surface area contributed by atoms with Gasteiger partial charge in [0.25, 0.3) is 5.91 Å². The van der Waals surface area contributed by atoms with Crippen LogP contribution in [0.15, 0.2) is 30.3 Å². The van der Waals surface area contributed by atoms with E-state index in [4.69, 9.17) is 14.2 Å². The van der Waals surface area contributed by atoms with Gasteiger partial charge in [-0.3, -0.25) is 4.79 Å². The van der Waals surface area contributed by atoms with Crippen molar-refractivity contribution in [2.24, 2.45) is 0 Å². The Morgan fingerprint density at radius 3 is 2.11 bits per heavy atom. The molecule has 0 aliphatic carbocycles. The number of carbonyl (C=O) groups excluding carboxylic acids is 2. The Kier molecular flexibility index (Phi) is 6.65. The molecule has 0 radical (unpaired) electrons. The number of methoxy groups -OCH3 is 3. The van der Waals surface area contributed by atoms with E-state index in [1.165, 1.54) is 7.11 Å². The molecule has 7 nitrogen and oxygen atoms in total. The SMILES string of the molecule is COC(=O)COc1ccc(NC(=O)c2cc(OC)c(C)c(OC)c2)c(C)c1.